The minimum absolute atomic E-state index is 0.00726. The molecule has 0 aromatic heterocycles. The monoisotopic (exact) mass is 379 g/mol. The van der Waals surface area contributed by atoms with E-state index in [2.05, 4.69) is 10.2 Å². The molecule has 1 saturated heterocycles. The van der Waals surface area contributed by atoms with Crippen molar-refractivity contribution in [1.82, 2.24) is 9.80 Å². The Hall–Kier alpha value is -2.66. The first kappa shape index (κ1) is 20.1. The highest BCUT2D eigenvalue weighted by Gasteiger charge is 2.21. The van der Waals surface area contributed by atoms with Gasteiger partial charge in [0.25, 0.3) is 5.91 Å². The number of nitrogens with zero attached hydrogens (tertiary/aromatic N) is 2. The van der Waals surface area contributed by atoms with Crippen LogP contribution in [-0.2, 0) is 4.79 Å². The second-order valence-electron chi connectivity index (χ2n) is 7.59. The van der Waals surface area contributed by atoms with E-state index in [0.717, 1.165) is 47.5 Å². The number of benzene rings is 2. The summed E-state index contributed by atoms with van der Waals surface area (Å²) in [5.41, 5.74) is 4.96. The van der Waals surface area contributed by atoms with Crippen LogP contribution in [-0.4, -0.2) is 54.3 Å². The molecule has 28 heavy (non-hydrogen) atoms. The zero-order chi connectivity index (χ0) is 20.1. The van der Waals surface area contributed by atoms with Crippen molar-refractivity contribution < 1.29 is 9.59 Å². The topological polar surface area (TPSA) is 52.7 Å². The first-order chi connectivity index (χ1) is 13.4. The molecule has 2 aromatic carbocycles. The summed E-state index contributed by atoms with van der Waals surface area (Å²) in [5.74, 6) is 0.0672. The highest BCUT2D eigenvalue weighted by Crippen LogP contribution is 2.18. The average Bonchev–Trinajstić information content (AvgIpc) is 2.90. The molecule has 1 N–H and O–H groups in total. The minimum atomic E-state index is -0.00726. The molecule has 0 aliphatic carbocycles. The number of hydrogen-bond donors (Lipinski definition) is 1. The zero-order valence-corrected chi connectivity index (χ0v) is 17.0. The lowest BCUT2D eigenvalue weighted by Gasteiger charge is -2.22. The number of nitrogens with one attached hydrogen (secondary N) is 1. The van der Waals surface area contributed by atoms with E-state index in [9.17, 15) is 9.59 Å². The van der Waals surface area contributed by atoms with Gasteiger partial charge in [-0.25, -0.2) is 0 Å². The van der Waals surface area contributed by atoms with Crippen molar-refractivity contribution in [1.29, 1.82) is 0 Å². The average molecular weight is 380 g/mol. The maximum Gasteiger partial charge on any atom is 0.253 e. The second kappa shape index (κ2) is 9.02. The van der Waals surface area contributed by atoms with Gasteiger partial charge in [0, 0.05) is 37.4 Å². The van der Waals surface area contributed by atoms with Crippen LogP contribution in [0.2, 0.25) is 0 Å². The van der Waals surface area contributed by atoms with Crippen LogP contribution < -0.4 is 5.32 Å². The van der Waals surface area contributed by atoms with Crippen LogP contribution in [0.25, 0.3) is 0 Å². The number of amides is 2. The van der Waals surface area contributed by atoms with E-state index in [-0.39, 0.29) is 11.8 Å². The fourth-order valence-corrected chi connectivity index (χ4v) is 3.57. The maximum atomic E-state index is 12.8. The molecule has 3 rings (SSSR count). The fraction of sp³-hybridized carbons (Fsp3) is 0.391. The van der Waals surface area contributed by atoms with E-state index in [0.29, 0.717) is 19.6 Å². The molecule has 2 amide bonds. The van der Waals surface area contributed by atoms with Crippen molar-refractivity contribution in [3.05, 3.63) is 64.7 Å². The Labute approximate surface area is 167 Å². The summed E-state index contributed by atoms with van der Waals surface area (Å²) in [6.45, 7) is 9.29. The van der Waals surface area contributed by atoms with Gasteiger partial charge >= 0.3 is 0 Å². The Kier molecular flexibility index (Phi) is 6.47. The fourth-order valence-electron chi connectivity index (χ4n) is 3.57. The van der Waals surface area contributed by atoms with E-state index in [4.69, 9.17) is 0 Å². The Morgan fingerprint density at radius 2 is 1.75 bits per heavy atom. The molecule has 0 radical (unpaired) electrons. The molecule has 1 aliphatic rings. The van der Waals surface area contributed by atoms with Gasteiger partial charge in [-0.2, -0.15) is 0 Å². The van der Waals surface area contributed by atoms with Crippen molar-refractivity contribution in [2.45, 2.75) is 27.2 Å². The molecule has 0 bridgehead atoms. The van der Waals surface area contributed by atoms with Crippen LogP contribution in [0.5, 0.6) is 0 Å². The van der Waals surface area contributed by atoms with Gasteiger partial charge in [0.05, 0.1) is 6.54 Å². The van der Waals surface area contributed by atoms with Crippen LogP contribution in [0.1, 0.15) is 33.5 Å². The van der Waals surface area contributed by atoms with Gasteiger partial charge in [0.1, 0.15) is 0 Å². The predicted molar refractivity (Wildman–Crippen MR) is 113 cm³/mol. The molecule has 0 spiro atoms. The molecule has 0 atom stereocenters. The Morgan fingerprint density at radius 3 is 2.54 bits per heavy atom. The summed E-state index contributed by atoms with van der Waals surface area (Å²) in [6, 6.07) is 13.7. The first-order valence-electron chi connectivity index (χ1n) is 9.88. The van der Waals surface area contributed by atoms with E-state index < -0.39 is 0 Å². The third-order valence-electron chi connectivity index (χ3n) is 5.39. The van der Waals surface area contributed by atoms with Crippen molar-refractivity contribution in [2.75, 3.05) is 38.0 Å². The van der Waals surface area contributed by atoms with Crippen molar-refractivity contribution >= 4 is 17.5 Å². The van der Waals surface area contributed by atoms with Gasteiger partial charge in [-0.1, -0.05) is 29.8 Å². The number of aryl methyl sites for hydroxylation is 2. The Morgan fingerprint density at radius 1 is 0.964 bits per heavy atom. The molecule has 1 heterocycles. The predicted octanol–water partition coefficient (Wildman–Crippen LogP) is 3.40. The zero-order valence-electron chi connectivity index (χ0n) is 17.0. The highest BCUT2D eigenvalue weighted by molar-refractivity contribution is 5.94. The van der Waals surface area contributed by atoms with Crippen molar-refractivity contribution in [3.63, 3.8) is 0 Å². The first-order valence-corrected chi connectivity index (χ1v) is 9.88. The summed E-state index contributed by atoms with van der Waals surface area (Å²) in [5, 5.41) is 3.02. The minimum Gasteiger partial charge on any atom is -0.337 e. The number of carbonyl (C=O) groups excluding carboxylic acids is 2. The van der Waals surface area contributed by atoms with Crippen LogP contribution in [0, 0.1) is 20.8 Å². The molecule has 1 fully saturated rings. The smallest absolute Gasteiger partial charge is 0.253 e. The summed E-state index contributed by atoms with van der Waals surface area (Å²) in [4.78, 5) is 29.3. The Balaban J connectivity index is 1.55. The second-order valence-corrected chi connectivity index (χ2v) is 7.59. The molecule has 1 aliphatic heterocycles. The van der Waals surface area contributed by atoms with E-state index >= 15 is 0 Å². The number of carbonyl (C=O) groups is 2. The number of anilines is 1. The molecule has 0 saturated carbocycles. The number of hydrogen-bond acceptors (Lipinski definition) is 3. The van der Waals surface area contributed by atoms with Gasteiger partial charge in [-0.3, -0.25) is 14.5 Å². The van der Waals surface area contributed by atoms with Crippen molar-refractivity contribution in [2.24, 2.45) is 0 Å². The van der Waals surface area contributed by atoms with E-state index in [1.165, 1.54) is 0 Å². The molecule has 0 unspecified atom stereocenters. The largest absolute Gasteiger partial charge is 0.337 e. The summed E-state index contributed by atoms with van der Waals surface area (Å²) in [6.07, 6.45) is 0.869. The normalized spacial score (nSPS) is 15.2. The lowest BCUT2D eigenvalue weighted by Crippen LogP contribution is -2.38. The molecule has 2 aromatic rings. The van der Waals surface area contributed by atoms with E-state index in [1.807, 2.05) is 68.1 Å². The van der Waals surface area contributed by atoms with Crippen LogP contribution in [0.15, 0.2) is 42.5 Å². The maximum absolute atomic E-state index is 12.8. The van der Waals surface area contributed by atoms with Gasteiger partial charge in [0.15, 0.2) is 0 Å². The van der Waals surface area contributed by atoms with Crippen LogP contribution >= 0.6 is 0 Å². The van der Waals surface area contributed by atoms with Crippen molar-refractivity contribution in [3.8, 4) is 0 Å². The quantitative estimate of drug-likeness (QED) is 0.886. The molecular formula is C23H29N3O2. The third kappa shape index (κ3) is 4.98. The molecule has 5 heteroatoms. The summed E-state index contributed by atoms with van der Waals surface area (Å²) < 4.78 is 0. The molecule has 5 nitrogen and oxygen atoms in total. The lowest BCUT2D eigenvalue weighted by molar-refractivity contribution is -0.117. The van der Waals surface area contributed by atoms with Gasteiger partial charge in [-0.05, 0) is 56.5 Å². The molecule has 148 valence electrons. The van der Waals surface area contributed by atoms with Crippen LogP contribution in [0.4, 0.5) is 5.69 Å². The standard InChI is InChI=1S/C23H29N3O2/c1-17-7-4-9-20(15-17)23(28)26-12-6-11-25(13-14-26)16-22(27)24-21-10-5-8-18(2)19(21)3/h4-5,7-10,15H,6,11-14,16H2,1-3H3,(H,24,27). The highest BCUT2D eigenvalue weighted by atomic mass is 16.2. The Bertz CT molecular complexity index is 863. The van der Waals surface area contributed by atoms with E-state index in [1.54, 1.807) is 0 Å². The van der Waals surface area contributed by atoms with Gasteiger partial charge in [0.2, 0.25) is 5.91 Å². The lowest BCUT2D eigenvalue weighted by atomic mass is 10.1. The summed E-state index contributed by atoms with van der Waals surface area (Å²) in [7, 11) is 0. The summed E-state index contributed by atoms with van der Waals surface area (Å²) >= 11 is 0. The molecular weight excluding hydrogens is 350 g/mol. The SMILES string of the molecule is Cc1cccc(C(=O)N2CCCN(CC(=O)Nc3cccc(C)c3C)CC2)c1. The number of rotatable bonds is 4. The van der Waals surface area contributed by atoms with Crippen LogP contribution in [0.3, 0.4) is 0 Å². The van der Waals surface area contributed by atoms with Gasteiger partial charge < -0.3 is 10.2 Å². The third-order valence-corrected chi connectivity index (χ3v) is 5.39. The van der Waals surface area contributed by atoms with Gasteiger partial charge in [-0.15, -0.1) is 0 Å².